The third-order valence-electron chi connectivity index (χ3n) is 2.70. The molecule has 1 rings (SSSR count). The number of nitrogens with one attached hydrogen (secondary N) is 1. The van der Waals surface area contributed by atoms with Gasteiger partial charge in [-0.1, -0.05) is 0 Å². The molecule has 0 saturated heterocycles. The Morgan fingerprint density at radius 1 is 1.22 bits per heavy atom. The molecule has 1 aromatic rings. The van der Waals surface area contributed by atoms with Gasteiger partial charge in [0.15, 0.2) is 0 Å². The monoisotopic (exact) mass is 357 g/mol. The van der Waals surface area contributed by atoms with Gasteiger partial charge in [-0.2, -0.15) is 0 Å². The van der Waals surface area contributed by atoms with Crippen LogP contribution in [0.2, 0.25) is 14.8 Å². The quantitative estimate of drug-likeness (QED) is 0.630. The van der Waals surface area contributed by atoms with E-state index >= 15 is 0 Å². The van der Waals surface area contributed by atoms with Gasteiger partial charge >= 0.3 is 114 Å². The maximum absolute atomic E-state index is 11.6. The van der Waals surface area contributed by atoms with Crippen molar-refractivity contribution in [3.63, 3.8) is 0 Å². The Kier molecular flexibility index (Phi) is 6.05. The summed E-state index contributed by atoms with van der Waals surface area (Å²) in [6, 6.07) is 0. The Balaban J connectivity index is 2.51. The fourth-order valence-corrected chi connectivity index (χ4v) is 4.10. The van der Waals surface area contributed by atoms with Gasteiger partial charge in [0, 0.05) is 0 Å². The molecule has 0 unspecified atom stereocenters. The molecule has 1 amide bonds. The first kappa shape index (κ1) is 15.4. The summed E-state index contributed by atoms with van der Waals surface area (Å²) < 4.78 is 1.13. The molecule has 0 aliphatic carbocycles. The number of carbonyl (C=O) groups is 1. The molecule has 1 aromatic heterocycles. The average Bonchev–Trinajstić information content (AvgIpc) is 2.29. The third-order valence-corrected chi connectivity index (χ3v) is 7.82. The predicted octanol–water partition coefficient (Wildman–Crippen LogP) is 2.54. The molecule has 4 nitrogen and oxygen atoms in total. The van der Waals surface area contributed by atoms with Crippen molar-refractivity contribution in [3.8, 4) is 0 Å². The van der Waals surface area contributed by atoms with Gasteiger partial charge in [-0.3, -0.25) is 0 Å². The summed E-state index contributed by atoms with van der Waals surface area (Å²) in [5.41, 5.74) is 0. The van der Waals surface area contributed by atoms with Gasteiger partial charge in [0.1, 0.15) is 0 Å². The minimum atomic E-state index is -2.12. The summed E-state index contributed by atoms with van der Waals surface area (Å²) in [5.74, 6) is 0.598. The molecule has 18 heavy (non-hydrogen) atoms. The standard InChI is InChI=1S/C10H14N3O.3CH3.Sn/c1-2-3-4-5-10(14)13-9-8-11-6-7-12-9;;;;/h7-8H,2-5H2,1H3,(H,12,13,14);3*1H3;. The second-order valence-electron chi connectivity index (χ2n) is 5.54. The van der Waals surface area contributed by atoms with Crippen LogP contribution >= 0.6 is 0 Å². The Bertz CT molecular complexity index is 384. The molecule has 5 heteroatoms. The number of rotatable bonds is 6. The Morgan fingerprint density at radius 3 is 2.44 bits per heavy atom. The van der Waals surface area contributed by atoms with Crippen LogP contribution < -0.4 is 9.03 Å². The molecule has 0 aliphatic heterocycles. The SMILES string of the molecule is CCCCCC(=O)Nc1cn[c]([Sn]([CH3])([CH3])[CH3])cn1. The van der Waals surface area contributed by atoms with Gasteiger partial charge in [-0.05, 0) is 0 Å². The number of carbonyl (C=O) groups excluding carboxylic acids is 1. The van der Waals surface area contributed by atoms with E-state index in [4.69, 9.17) is 0 Å². The number of amides is 1. The summed E-state index contributed by atoms with van der Waals surface area (Å²) in [6.45, 7) is 2.13. The predicted molar refractivity (Wildman–Crippen MR) is 77.8 cm³/mol. The maximum atomic E-state index is 11.6. The van der Waals surface area contributed by atoms with Crippen molar-refractivity contribution in [2.45, 2.75) is 47.4 Å². The van der Waals surface area contributed by atoms with Crippen molar-refractivity contribution >= 4 is 33.8 Å². The van der Waals surface area contributed by atoms with E-state index in [9.17, 15) is 4.79 Å². The van der Waals surface area contributed by atoms with Gasteiger partial charge in [-0.15, -0.1) is 0 Å². The zero-order chi connectivity index (χ0) is 13.6. The third kappa shape index (κ3) is 5.33. The number of hydrogen-bond donors (Lipinski definition) is 1. The number of unbranched alkanes of at least 4 members (excludes halogenated alkanes) is 2. The molecule has 100 valence electrons. The van der Waals surface area contributed by atoms with Crippen LogP contribution in [-0.4, -0.2) is 34.3 Å². The molecule has 0 atom stereocenters. The number of anilines is 1. The summed E-state index contributed by atoms with van der Waals surface area (Å²) in [5, 5.41) is 2.79. The molecule has 0 aromatic carbocycles. The number of hydrogen-bond acceptors (Lipinski definition) is 3. The van der Waals surface area contributed by atoms with Crippen molar-refractivity contribution < 1.29 is 4.79 Å². The second kappa shape index (κ2) is 7.06. The van der Waals surface area contributed by atoms with Crippen LogP contribution in [0.15, 0.2) is 12.4 Å². The molecular weight excluding hydrogens is 333 g/mol. The van der Waals surface area contributed by atoms with Crippen LogP contribution in [0.1, 0.15) is 32.6 Å². The van der Waals surface area contributed by atoms with Crippen molar-refractivity contribution in [2.75, 3.05) is 5.32 Å². The van der Waals surface area contributed by atoms with Crippen molar-refractivity contribution in [3.05, 3.63) is 12.4 Å². The van der Waals surface area contributed by atoms with E-state index in [-0.39, 0.29) is 5.91 Å². The summed E-state index contributed by atoms with van der Waals surface area (Å²) in [7, 11) is 0. The van der Waals surface area contributed by atoms with E-state index in [1.807, 2.05) is 6.20 Å². The Hall–Kier alpha value is -0.651. The molecular formula is C13H23N3OSn. The topological polar surface area (TPSA) is 54.9 Å². The van der Waals surface area contributed by atoms with E-state index in [0.29, 0.717) is 12.2 Å². The molecule has 1 N–H and O–H groups in total. The van der Waals surface area contributed by atoms with Gasteiger partial charge in [0.25, 0.3) is 0 Å². The van der Waals surface area contributed by atoms with E-state index in [0.717, 1.165) is 23.0 Å². The fraction of sp³-hybridized carbons (Fsp3) is 0.615. The Morgan fingerprint density at radius 2 is 1.94 bits per heavy atom. The van der Waals surface area contributed by atoms with E-state index in [1.54, 1.807) is 6.20 Å². The first-order valence-corrected chi connectivity index (χ1v) is 16.5. The van der Waals surface area contributed by atoms with Crippen molar-refractivity contribution in [1.82, 2.24) is 9.97 Å². The van der Waals surface area contributed by atoms with E-state index in [1.165, 1.54) is 0 Å². The van der Waals surface area contributed by atoms with Gasteiger partial charge < -0.3 is 0 Å². The average molecular weight is 356 g/mol. The van der Waals surface area contributed by atoms with E-state index < -0.39 is 18.4 Å². The Labute approximate surface area is 113 Å². The molecule has 0 spiro atoms. The van der Waals surface area contributed by atoms with Crippen molar-refractivity contribution in [2.24, 2.45) is 0 Å². The zero-order valence-corrected chi connectivity index (χ0v) is 14.6. The minimum absolute atomic E-state index is 0.0322. The molecule has 0 aliphatic rings. The summed E-state index contributed by atoms with van der Waals surface area (Å²) in [4.78, 5) is 27.2. The number of aromatic nitrogens is 2. The first-order chi connectivity index (χ1) is 8.43. The van der Waals surface area contributed by atoms with Crippen LogP contribution in [0.3, 0.4) is 0 Å². The van der Waals surface area contributed by atoms with Crippen LogP contribution in [0.5, 0.6) is 0 Å². The molecule has 0 fully saturated rings. The van der Waals surface area contributed by atoms with Gasteiger partial charge in [-0.25, -0.2) is 0 Å². The van der Waals surface area contributed by atoms with Crippen LogP contribution in [0.4, 0.5) is 5.82 Å². The fourth-order valence-electron chi connectivity index (χ4n) is 1.52. The van der Waals surface area contributed by atoms with Crippen LogP contribution in [-0.2, 0) is 4.79 Å². The first-order valence-electron chi connectivity index (χ1n) is 6.56. The summed E-state index contributed by atoms with van der Waals surface area (Å²) in [6.07, 6.45) is 7.21. The second-order valence-corrected chi connectivity index (χ2v) is 19.8. The normalized spacial score (nSPS) is 11.3. The van der Waals surface area contributed by atoms with Gasteiger partial charge in [0.2, 0.25) is 0 Å². The summed E-state index contributed by atoms with van der Waals surface area (Å²) >= 11 is -2.12. The van der Waals surface area contributed by atoms with E-state index in [2.05, 4.69) is 37.0 Å². The molecule has 0 saturated carbocycles. The molecule has 1 heterocycles. The van der Waals surface area contributed by atoms with Gasteiger partial charge in [0.05, 0.1) is 0 Å². The molecule has 0 radical (unpaired) electrons. The van der Waals surface area contributed by atoms with Crippen LogP contribution in [0, 0.1) is 0 Å². The molecule has 0 bridgehead atoms. The zero-order valence-electron chi connectivity index (χ0n) is 11.8. The van der Waals surface area contributed by atoms with Crippen molar-refractivity contribution in [1.29, 1.82) is 0 Å². The van der Waals surface area contributed by atoms with Crippen LogP contribution in [0.25, 0.3) is 0 Å². The number of nitrogens with zero attached hydrogens (tertiary/aromatic N) is 2.